The van der Waals surface area contributed by atoms with Crippen molar-refractivity contribution in [3.8, 4) is 17.2 Å². The highest BCUT2D eigenvalue weighted by atomic mass is 32.2. The van der Waals surface area contributed by atoms with E-state index < -0.39 is 22.0 Å². The summed E-state index contributed by atoms with van der Waals surface area (Å²) in [6.45, 7) is 1.21. The minimum atomic E-state index is -3.43. The Morgan fingerprint density at radius 2 is 1.90 bits per heavy atom. The Balaban J connectivity index is 1.61. The summed E-state index contributed by atoms with van der Waals surface area (Å²) in [5.74, 6) is -0.244. The van der Waals surface area contributed by atoms with Gasteiger partial charge < -0.3 is 25.2 Å². The number of nitrogens with zero attached hydrogens (tertiary/aromatic N) is 1. The van der Waals surface area contributed by atoms with Crippen molar-refractivity contribution in [3.05, 3.63) is 47.0 Å². The van der Waals surface area contributed by atoms with Crippen LogP contribution >= 0.6 is 0 Å². The van der Waals surface area contributed by atoms with Crippen LogP contribution in [0.3, 0.4) is 0 Å². The Hall–Kier alpha value is -2.33. The molecule has 1 heterocycles. The number of aliphatic hydroxyl groups is 1. The standard InChI is InChI=1S/C21H25NO7S/c1-30(27,28)15-3-2-12(19(25)8-15)11-29-21-17-6-14(24)7-20(26)16(17)9-18(21)22-5-4-13(23)10-22/h2-3,6-8,13,18,21,23-26H,4-5,9-11H2,1H3/t13-,18+,21+/m1/s1. The lowest BCUT2D eigenvalue weighted by atomic mass is 10.1. The van der Waals surface area contributed by atoms with Crippen LogP contribution in [-0.4, -0.2) is 65.2 Å². The highest BCUT2D eigenvalue weighted by molar-refractivity contribution is 7.90. The van der Waals surface area contributed by atoms with Crippen molar-refractivity contribution < 1.29 is 33.6 Å². The molecule has 0 spiro atoms. The average Bonchev–Trinajstić information content (AvgIpc) is 3.23. The van der Waals surface area contributed by atoms with Gasteiger partial charge in [-0.1, -0.05) is 6.07 Å². The minimum absolute atomic E-state index is 0.00111. The molecule has 2 aromatic carbocycles. The number of hydrogen-bond donors (Lipinski definition) is 4. The number of phenols is 3. The Kier molecular flexibility index (Phi) is 5.39. The van der Waals surface area contributed by atoms with Crippen molar-refractivity contribution in [2.45, 2.75) is 42.6 Å². The first kappa shape index (κ1) is 20.9. The molecule has 9 heteroatoms. The summed E-state index contributed by atoms with van der Waals surface area (Å²) in [6.07, 6.45) is 1.34. The fraction of sp³-hybridized carbons (Fsp3) is 0.429. The maximum absolute atomic E-state index is 11.7. The molecule has 8 nitrogen and oxygen atoms in total. The second kappa shape index (κ2) is 7.73. The Bertz CT molecular complexity index is 1070. The lowest BCUT2D eigenvalue weighted by molar-refractivity contribution is -0.0142. The molecule has 1 aliphatic heterocycles. The van der Waals surface area contributed by atoms with Crippen LogP contribution in [0.25, 0.3) is 0 Å². The number of aromatic hydroxyl groups is 3. The fourth-order valence-corrected chi connectivity index (χ4v) is 4.97. The number of rotatable bonds is 5. The van der Waals surface area contributed by atoms with E-state index >= 15 is 0 Å². The van der Waals surface area contributed by atoms with E-state index in [4.69, 9.17) is 4.74 Å². The topological polar surface area (TPSA) is 128 Å². The van der Waals surface area contributed by atoms with Crippen LogP contribution in [0, 0.1) is 0 Å². The molecular formula is C21H25NO7S. The van der Waals surface area contributed by atoms with Gasteiger partial charge in [0.05, 0.1) is 23.7 Å². The molecule has 1 aliphatic carbocycles. The van der Waals surface area contributed by atoms with Crippen LogP contribution in [0.4, 0.5) is 0 Å². The number of sulfone groups is 1. The number of fused-ring (bicyclic) bond motifs is 1. The zero-order chi connectivity index (χ0) is 21.6. The summed E-state index contributed by atoms with van der Waals surface area (Å²) in [4.78, 5) is 2.13. The van der Waals surface area contributed by atoms with Gasteiger partial charge in [0.25, 0.3) is 0 Å². The van der Waals surface area contributed by atoms with Crippen LogP contribution in [0.2, 0.25) is 0 Å². The van der Waals surface area contributed by atoms with E-state index in [-0.39, 0.29) is 34.8 Å². The molecule has 4 N–H and O–H groups in total. The summed E-state index contributed by atoms with van der Waals surface area (Å²) >= 11 is 0. The largest absolute Gasteiger partial charge is 0.508 e. The lowest BCUT2D eigenvalue weighted by Crippen LogP contribution is -2.38. The molecule has 0 unspecified atom stereocenters. The minimum Gasteiger partial charge on any atom is -0.508 e. The Labute approximate surface area is 174 Å². The highest BCUT2D eigenvalue weighted by Crippen LogP contribution is 2.44. The zero-order valence-electron chi connectivity index (χ0n) is 16.5. The number of aliphatic hydroxyl groups excluding tert-OH is 1. The molecule has 162 valence electrons. The summed E-state index contributed by atoms with van der Waals surface area (Å²) < 4.78 is 29.5. The van der Waals surface area contributed by atoms with Gasteiger partial charge in [-0.2, -0.15) is 0 Å². The van der Waals surface area contributed by atoms with Crippen LogP contribution in [0.15, 0.2) is 35.2 Å². The normalized spacial score (nSPS) is 24.3. The van der Waals surface area contributed by atoms with Crippen molar-refractivity contribution in [3.63, 3.8) is 0 Å². The predicted molar refractivity (Wildman–Crippen MR) is 108 cm³/mol. The Morgan fingerprint density at radius 3 is 2.53 bits per heavy atom. The first-order chi connectivity index (χ1) is 14.1. The summed E-state index contributed by atoms with van der Waals surface area (Å²) in [5, 5.41) is 40.5. The maximum atomic E-state index is 11.7. The number of likely N-dealkylation sites (tertiary alicyclic amines) is 1. The van der Waals surface area contributed by atoms with Crippen molar-refractivity contribution in [1.82, 2.24) is 4.90 Å². The van der Waals surface area contributed by atoms with E-state index in [1.165, 1.54) is 24.3 Å². The van der Waals surface area contributed by atoms with Gasteiger partial charge in [-0.05, 0) is 36.6 Å². The van der Waals surface area contributed by atoms with Crippen LogP contribution in [-0.2, 0) is 27.6 Å². The smallest absolute Gasteiger partial charge is 0.175 e. The third-order valence-corrected chi connectivity index (χ3v) is 6.99. The van der Waals surface area contributed by atoms with Gasteiger partial charge in [-0.3, -0.25) is 4.90 Å². The second-order valence-corrected chi connectivity index (χ2v) is 10.1. The molecule has 0 saturated carbocycles. The number of ether oxygens (including phenoxy) is 1. The number of β-amino-alcohol motifs (C(OH)–C–C–N with tert-alkyl or cyclic N) is 1. The third kappa shape index (κ3) is 3.98. The zero-order valence-corrected chi connectivity index (χ0v) is 17.3. The highest BCUT2D eigenvalue weighted by Gasteiger charge is 2.41. The first-order valence-electron chi connectivity index (χ1n) is 9.74. The molecule has 30 heavy (non-hydrogen) atoms. The first-order valence-corrected chi connectivity index (χ1v) is 11.6. The van der Waals surface area contributed by atoms with Gasteiger partial charge >= 0.3 is 0 Å². The van der Waals surface area contributed by atoms with Gasteiger partial charge in [0.15, 0.2) is 9.84 Å². The van der Waals surface area contributed by atoms with Gasteiger partial charge in [0.1, 0.15) is 17.2 Å². The SMILES string of the molecule is CS(=O)(=O)c1ccc(CO[C@H]2c3cc(O)cc(O)c3C[C@@H]2N2CC[C@@H](O)C2)c(O)c1. The van der Waals surface area contributed by atoms with Crippen LogP contribution in [0.1, 0.15) is 29.2 Å². The molecule has 0 amide bonds. The maximum Gasteiger partial charge on any atom is 0.175 e. The lowest BCUT2D eigenvalue weighted by Gasteiger charge is -2.29. The second-order valence-electron chi connectivity index (χ2n) is 8.04. The molecular weight excluding hydrogens is 410 g/mol. The van der Waals surface area contributed by atoms with Crippen molar-refractivity contribution in [1.29, 1.82) is 0 Å². The van der Waals surface area contributed by atoms with E-state index in [2.05, 4.69) is 4.90 Å². The summed E-state index contributed by atoms with van der Waals surface area (Å²) in [7, 11) is -3.43. The molecule has 4 rings (SSSR count). The third-order valence-electron chi connectivity index (χ3n) is 5.88. The van der Waals surface area contributed by atoms with E-state index in [0.717, 1.165) is 6.26 Å². The van der Waals surface area contributed by atoms with Crippen LogP contribution in [0.5, 0.6) is 17.2 Å². The van der Waals surface area contributed by atoms with E-state index in [0.29, 0.717) is 42.6 Å². The van der Waals surface area contributed by atoms with Crippen molar-refractivity contribution in [2.24, 2.45) is 0 Å². The summed E-state index contributed by atoms with van der Waals surface area (Å²) in [5.41, 5.74) is 1.80. The fourth-order valence-electron chi connectivity index (χ4n) is 4.33. The number of hydrogen-bond acceptors (Lipinski definition) is 8. The molecule has 0 radical (unpaired) electrons. The summed E-state index contributed by atoms with van der Waals surface area (Å²) in [6, 6.07) is 6.86. The molecule has 2 aromatic rings. The molecule has 0 aromatic heterocycles. The molecule has 1 fully saturated rings. The molecule has 3 atom stereocenters. The number of benzene rings is 2. The van der Waals surface area contributed by atoms with Crippen LogP contribution < -0.4 is 0 Å². The number of phenolic OH excluding ortho intramolecular Hbond substituents is 3. The van der Waals surface area contributed by atoms with E-state index in [1.54, 1.807) is 6.07 Å². The molecule has 1 saturated heterocycles. The van der Waals surface area contributed by atoms with Gasteiger partial charge in [0, 0.05) is 42.6 Å². The van der Waals surface area contributed by atoms with Crippen molar-refractivity contribution >= 4 is 9.84 Å². The van der Waals surface area contributed by atoms with Crippen molar-refractivity contribution in [2.75, 3.05) is 19.3 Å². The van der Waals surface area contributed by atoms with Gasteiger partial charge in [-0.15, -0.1) is 0 Å². The monoisotopic (exact) mass is 435 g/mol. The van der Waals surface area contributed by atoms with E-state index in [1.807, 2.05) is 0 Å². The average molecular weight is 435 g/mol. The molecule has 0 bridgehead atoms. The van der Waals surface area contributed by atoms with Gasteiger partial charge in [-0.25, -0.2) is 8.42 Å². The quantitative estimate of drug-likeness (QED) is 0.556. The van der Waals surface area contributed by atoms with E-state index in [9.17, 15) is 28.8 Å². The Morgan fingerprint density at radius 1 is 1.13 bits per heavy atom. The predicted octanol–water partition coefficient (Wildman–Crippen LogP) is 1.46. The van der Waals surface area contributed by atoms with Gasteiger partial charge in [0.2, 0.25) is 0 Å². The molecule has 2 aliphatic rings.